The summed E-state index contributed by atoms with van der Waals surface area (Å²) in [5, 5.41) is 13.9. The molecule has 0 bridgehead atoms. The smallest absolute Gasteiger partial charge is 0.289 e. The molecule has 0 spiro atoms. The zero-order valence-corrected chi connectivity index (χ0v) is 17.6. The highest BCUT2D eigenvalue weighted by atomic mass is 16.3. The van der Waals surface area contributed by atoms with Crippen molar-refractivity contribution in [2.24, 2.45) is 0 Å². The number of likely N-dealkylation sites (tertiary alicyclic amines) is 1. The topological polar surface area (TPSA) is 98.6 Å². The lowest BCUT2D eigenvalue weighted by molar-refractivity contribution is 0.0545. The van der Waals surface area contributed by atoms with Crippen LogP contribution in [0.3, 0.4) is 0 Å². The maximum atomic E-state index is 13.1. The fraction of sp³-hybridized carbons (Fsp3) is 0.280. The summed E-state index contributed by atoms with van der Waals surface area (Å²) in [6.45, 7) is 0.737. The van der Waals surface area contributed by atoms with Crippen LogP contribution in [0.2, 0.25) is 0 Å². The van der Waals surface area contributed by atoms with Gasteiger partial charge in [0.1, 0.15) is 5.58 Å². The number of benzene rings is 2. The predicted molar refractivity (Wildman–Crippen MR) is 123 cm³/mol. The summed E-state index contributed by atoms with van der Waals surface area (Å²) in [4.78, 5) is 30.9. The molecule has 1 saturated heterocycles. The minimum Gasteiger partial charge on any atom is -0.451 e. The SMILES string of the molecule is O=C(Nc1ccc2oc(C(=O)N3CCCCC3CCO)cc2c1)c1cccc2[nH]ccc12. The molecule has 2 aromatic heterocycles. The van der Waals surface area contributed by atoms with Gasteiger partial charge in [-0.1, -0.05) is 6.07 Å². The predicted octanol–water partition coefficient (Wildman–Crippen LogP) is 4.54. The second kappa shape index (κ2) is 8.51. The Hall–Kier alpha value is -3.58. The largest absolute Gasteiger partial charge is 0.451 e. The lowest BCUT2D eigenvalue weighted by Gasteiger charge is -2.34. The fourth-order valence-electron chi connectivity index (χ4n) is 4.57. The number of aromatic amines is 1. The first-order valence-corrected chi connectivity index (χ1v) is 11.0. The molecular formula is C25H25N3O4. The van der Waals surface area contributed by atoms with Crippen molar-refractivity contribution in [1.82, 2.24) is 9.88 Å². The van der Waals surface area contributed by atoms with Gasteiger partial charge in [-0.3, -0.25) is 9.59 Å². The normalized spacial score (nSPS) is 16.5. The molecule has 0 aliphatic carbocycles. The molecule has 4 aromatic rings. The van der Waals surface area contributed by atoms with Crippen LogP contribution in [0.15, 0.2) is 59.1 Å². The van der Waals surface area contributed by atoms with E-state index in [0.717, 1.165) is 35.6 Å². The van der Waals surface area contributed by atoms with Crippen molar-refractivity contribution in [2.45, 2.75) is 31.7 Å². The van der Waals surface area contributed by atoms with Crippen molar-refractivity contribution in [2.75, 3.05) is 18.5 Å². The quantitative estimate of drug-likeness (QED) is 0.432. The number of amides is 2. The van der Waals surface area contributed by atoms with E-state index in [9.17, 15) is 14.7 Å². The van der Waals surface area contributed by atoms with Crippen molar-refractivity contribution in [3.8, 4) is 0 Å². The van der Waals surface area contributed by atoms with E-state index in [2.05, 4.69) is 10.3 Å². The molecule has 7 heteroatoms. The van der Waals surface area contributed by atoms with E-state index in [4.69, 9.17) is 4.42 Å². The lowest BCUT2D eigenvalue weighted by atomic mass is 9.99. The van der Waals surface area contributed by atoms with Crippen LogP contribution < -0.4 is 5.32 Å². The average Bonchev–Trinajstić information content (AvgIpc) is 3.45. The van der Waals surface area contributed by atoms with E-state index in [0.29, 0.717) is 29.8 Å². The van der Waals surface area contributed by atoms with E-state index in [1.54, 1.807) is 24.3 Å². The molecule has 2 aromatic carbocycles. The first-order chi connectivity index (χ1) is 15.6. The first-order valence-electron chi connectivity index (χ1n) is 11.0. The number of H-pyrrole nitrogens is 1. The third-order valence-corrected chi connectivity index (χ3v) is 6.17. The fourth-order valence-corrected chi connectivity index (χ4v) is 4.57. The molecule has 0 radical (unpaired) electrons. The number of aromatic nitrogens is 1. The average molecular weight is 431 g/mol. The highest BCUT2D eigenvalue weighted by Gasteiger charge is 2.29. The number of aliphatic hydroxyl groups is 1. The Labute approximate surface area is 185 Å². The minimum absolute atomic E-state index is 0.0421. The van der Waals surface area contributed by atoms with E-state index < -0.39 is 0 Å². The van der Waals surface area contributed by atoms with Gasteiger partial charge in [0.25, 0.3) is 11.8 Å². The van der Waals surface area contributed by atoms with Crippen LogP contribution in [0.25, 0.3) is 21.9 Å². The third-order valence-electron chi connectivity index (χ3n) is 6.17. The Morgan fingerprint density at radius 1 is 1.16 bits per heavy atom. The van der Waals surface area contributed by atoms with Gasteiger partial charge in [0.2, 0.25) is 0 Å². The Kier molecular flexibility index (Phi) is 5.41. The maximum Gasteiger partial charge on any atom is 0.289 e. The summed E-state index contributed by atoms with van der Waals surface area (Å²) in [6, 6.07) is 14.6. The van der Waals surface area contributed by atoms with Crippen LogP contribution in [0.5, 0.6) is 0 Å². The van der Waals surface area contributed by atoms with Crippen LogP contribution in [-0.4, -0.2) is 46.0 Å². The number of furan rings is 1. The lowest BCUT2D eigenvalue weighted by Crippen LogP contribution is -2.44. The standard InChI is InChI=1S/C25H25N3O4/c29-13-10-18-4-1-2-12-28(18)25(31)23-15-16-14-17(7-8-22(16)32-23)27-24(30)20-5-3-6-21-19(20)9-11-26-21/h3,5-9,11,14-15,18,26,29H,1-2,4,10,12-13H2,(H,27,30). The van der Waals surface area contributed by atoms with Gasteiger partial charge in [-0.25, -0.2) is 0 Å². The number of nitrogens with one attached hydrogen (secondary N) is 2. The van der Waals surface area contributed by atoms with Crippen molar-refractivity contribution in [3.05, 3.63) is 66.1 Å². The second-order valence-electron chi connectivity index (χ2n) is 8.22. The Morgan fingerprint density at radius 2 is 2.06 bits per heavy atom. The number of hydrogen-bond donors (Lipinski definition) is 3. The highest BCUT2D eigenvalue weighted by Crippen LogP contribution is 2.28. The Morgan fingerprint density at radius 3 is 2.94 bits per heavy atom. The molecule has 7 nitrogen and oxygen atoms in total. The van der Waals surface area contributed by atoms with Gasteiger partial charge in [0.15, 0.2) is 5.76 Å². The zero-order chi connectivity index (χ0) is 22.1. The van der Waals surface area contributed by atoms with Crippen molar-refractivity contribution >= 4 is 39.4 Å². The summed E-state index contributed by atoms with van der Waals surface area (Å²) in [5.41, 5.74) is 2.72. The van der Waals surface area contributed by atoms with E-state index in [1.807, 2.05) is 35.4 Å². The van der Waals surface area contributed by atoms with Gasteiger partial charge < -0.3 is 24.7 Å². The molecule has 1 atom stereocenters. The number of piperidine rings is 1. The maximum absolute atomic E-state index is 13.1. The molecule has 1 fully saturated rings. The molecule has 164 valence electrons. The molecule has 1 unspecified atom stereocenters. The van der Waals surface area contributed by atoms with E-state index in [-0.39, 0.29) is 30.2 Å². The van der Waals surface area contributed by atoms with Gasteiger partial charge in [-0.05, 0) is 68.1 Å². The van der Waals surface area contributed by atoms with Gasteiger partial charge in [-0.15, -0.1) is 0 Å². The molecule has 5 rings (SSSR count). The molecule has 0 saturated carbocycles. The van der Waals surface area contributed by atoms with Crippen molar-refractivity contribution < 1.29 is 19.1 Å². The van der Waals surface area contributed by atoms with Crippen LogP contribution in [0, 0.1) is 0 Å². The van der Waals surface area contributed by atoms with Gasteiger partial charge in [0, 0.05) is 52.9 Å². The number of anilines is 1. The first kappa shape index (κ1) is 20.3. The summed E-state index contributed by atoms with van der Waals surface area (Å²) in [6.07, 6.45) is 5.31. The van der Waals surface area contributed by atoms with Crippen LogP contribution in [0.4, 0.5) is 5.69 Å². The molecule has 3 N–H and O–H groups in total. The number of carbonyl (C=O) groups excluding carboxylic acids is 2. The monoisotopic (exact) mass is 431 g/mol. The third kappa shape index (κ3) is 3.76. The Bertz CT molecular complexity index is 1290. The van der Waals surface area contributed by atoms with E-state index >= 15 is 0 Å². The van der Waals surface area contributed by atoms with Crippen LogP contribution in [-0.2, 0) is 0 Å². The summed E-state index contributed by atoms with van der Waals surface area (Å²) in [5.74, 6) is -0.0658. The van der Waals surface area contributed by atoms with Crippen molar-refractivity contribution in [3.63, 3.8) is 0 Å². The summed E-state index contributed by atoms with van der Waals surface area (Å²) >= 11 is 0. The van der Waals surface area contributed by atoms with Crippen LogP contribution >= 0.6 is 0 Å². The zero-order valence-electron chi connectivity index (χ0n) is 17.6. The molecule has 2 amide bonds. The number of aliphatic hydroxyl groups excluding tert-OH is 1. The molecule has 32 heavy (non-hydrogen) atoms. The van der Waals surface area contributed by atoms with Crippen molar-refractivity contribution in [1.29, 1.82) is 0 Å². The molecular weight excluding hydrogens is 406 g/mol. The number of hydrogen-bond acceptors (Lipinski definition) is 4. The number of rotatable bonds is 5. The number of carbonyl (C=O) groups is 2. The van der Waals surface area contributed by atoms with Crippen LogP contribution in [0.1, 0.15) is 46.6 Å². The molecule has 1 aliphatic heterocycles. The van der Waals surface area contributed by atoms with E-state index in [1.165, 1.54) is 0 Å². The number of fused-ring (bicyclic) bond motifs is 2. The summed E-state index contributed by atoms with van der Waals surface area (Å²) < 4.78 is 5.83. The summed E-state index contributed by atoms with van der Waals surface area (Å²) in [7, 11) is 0. The Balaban J connectivity index is 1.37. The minimum atomic E-state index is -0.200. The van der Waals surface area contributed by atoms with Gasteiger partial charge in [-0.2, -0.15) is 0 Å². The molecule has 1 aliphatic rings. The van der Waals surface area contributed by atoms with Gasteiger partial charge >= 0.3 is 0 Å². The number of nitrogens with zero attached hydrogens (tertiary/aromatic N) is 1. The van der Waals surface area contributed by atoms with Gasteiger partial charge in [0.05, 0.1) is 0 Å². The highest BCUT2D eigenvalue weighted by molar-refractivity contribution is 6.13. The second-order valence-corrected chi connectivity index (χ2v) is 8.22. The molecule has 3 heterocycles.